The first kappa shape index (κ1) is 11.2. The van der Waals surface area contributed by atoms with Crippen LogP contribution < -0.4 is 5.46 Å². The molecular formula is C11H14BNO3. The lowest BCUT2D eigenvalue weighted by Gasteiger charge is -2.26. The van der Waals surface area contributed by atoms with Crippen LogP contribution in [-0.4, -0.2) is 49.6 Å². The number of carbonyl (C=O) groups excluding carboxylic acids is 1. The van der Waals surface area contributed by atoms with Crippen molar-refractivity contribution < 1.29 is 14.6 Å². The van der Waals surface area contributed by atoms with Gasteiger partial charge in [0.05, 0.1) is 13.2 Å². The minimum atomic E-state index is 0.00598. The first-order valence-electron chi connectivity index (χ1n) is 5.38. The minimum absolute atomic E-state index is 0.00598. The van der Waals surface area contributed by atoms with Crippen molar-refractivity contribution in [1.82, 2.24) is 4.90 Å². The molecule has 0 unspecified atom stereocenters. The lowest BCUT2D eigenvalue weighted by molar-refractivity contribution is 0.0303. The average molecular weight is 219 g/mol. The van der Waals surface area contributed by atoms with E-state index in [1.807, 2.05) is 0 Å². The van der Waals surface area contributed by atoms with Crippen molar-refractivity contribution in [3.63, 3.8) is 0 Å². The first-order chi connectivity index (χ1) is 7.81. The zero-order valence-corrected chi connectivity index (χ0v) is 9.06. The Bertz CT molecular complexity index is 360. The maximum atomic E-state index is 12.0. The molecule has 1 aromatic carbocycles. The molecule has 1 aliphatic heterocycles. The fraction of sp³-hybridized carbons (Fsp3) is 0.364. The standard InChI is InChI=1S/C11H14BNO3/c14-11(13-5-7-16-8-6-13)9-1-3-10(12-15)4-2-9/h1-4,12,15H,5-8H2. The van der Waals surface area contributed by atoms with Crippen molar-refractivity contribution in [3.05, 3.63) is 29.8 Å². The van der Waals surface area contributed by atoms with Crippen molar-refractivity contribution in [3.8, 4) is 0 Å². The van der Waals surface area contributed by atoms with E-state index < -0.39 is 0 Å². The van der Waals surface area contributed by atoms with Gasteiger partial charge in [-0.25, -0.2) is 0 Å². The number of hydrogen-bond donors (Lipinski definition) is 1. The zero-order valence-electron chi connectivity index (χ0n) is 9.06. The minimum Gasteiger partial charge on any atom is -0.449 e. The average Bonchev–Trinajstić information content (AvgIpc) is 2.39. The third-order valence-electron chi connectivity index (χ3n) is 2.68. The summed E-state index contributed by atoms with van der Waals surface area (Å²) in [6, 6.07) is 7.05. The Morgan fingerprint density at radius 1 is 1.25 bits per heavy atom. The Hall–Kier alpha value is -1.33. The van der Waals surface area contributed by atoms with Gasteiger partial charge in [0, 0.05) is 18.7 Å². The molecule has 1 N–H and O–H groups in total. The normalized spacial score (nSPS) is 15.9. The number of amides is 1. The summed E-state index contributed by atoms with van der Waals surface area (Å²) in [7, 11) is 0.00598. The summed E-state index contributed by atoms with van der Waals surface area (Å²) in [5.74, 6) is 0.0350. The molecule has 1 heterocycles. The fourth-order valence-corrected chi connectivity index (χ4v) is 1.70. The molecule has 0 bridgehead atoms. The number of carbonyl (C=O) groups is 1. The van der Waals surface area contributed by atoms with E-state index in [-0.39, 0.29) is 13.4 Å². The topological polar surface area (TPSA) is 49.8 Å². The molecule has 1 saturated heterocycles. The first-order valence-corrected chi connectivity index (χ1v) is 5.38. The second-order valence-corrected chi connectivity index (χ2v) is 3.76. The van der Waals surface area contributed by atoms with E-state index in [1.165, 1.54) is 0 Å². The number of hydrogen-bond acceptors (Lipinski definition) is 3. The Morgan fingerprint density at radius 3 is 2.44 bits per heavy atom. The molecule has 0 aromatic heterocycles. The summed E-state index contributed by atoms with van der Waals surface area (Å²) < 4.78 is 5.20. The smallest absolute Gasteiger partial charge is 0.304 e. The molecule has 0 spiro atoms. The second-order valence-electron chi connectivity index (χ2n) is 3.76. The van der Waals surface area contributed by atoms with Crippen LogP contribution in [0.15, 0.2) is 24.3 Å². The van der Waals surface area contributed by atoms with Crippen LogP contribution in [-0.2, 0) is 4.74 Å². The van der Waals surface area contributed by atoms with E-state index in [9.17, 15) is 4.79 Å². The molecule has 0 radical (unpaired) electrons. The zero-order chi connectivity index (χ0) is 11.4. The predicted octanol–water partition coefficient (Wildman–Crippen LogP) is -0.872. The van der Waals surface area contributed by atoms with Crippen molar-refractivity contribution >= 4 is 18.9 Å². The van der Waals surface area contributed by atoms with E-state index in [0.717, 1.165) is 5.46 Å². The molecule has 84 valence electrons. The highest BCUT2D eigenvalue weighted by atomic mass is 16.5. The van der Waals surface area contributed by atoms with E-state index >= 15 is 0 Å². The Labute approximate surface area is 95.1 Å². The van der Waals surface area contributed by atoms with Gasteiger partial charge < -0.3 is 14.7 Å². The Kier molecular flexibility index (Phi) is 3.59. The van der Waals surface area contributed by atoms with Crippen LogP contribution in [0.25, 0.3) is 0 Å². The maximum absolute atomic E-state index is 12.0. The highest BCUT2D eigenvalue weighted by Crippen LogP contribution is 2.06. The van der Waals surface area contributed by atoms with E-state index in [4.69, 9.17) is 9.76 Å². The highest BCUT2D eigenvalue weighted by Gasteiger charge is 2.17. The molecule has 0 saturated carbocycles. The van der Waals surface area contributed by atoms with Crippen LogP contribution in [0, 0.1) is 0 Å². The number of rotatable bonds is 2. The lowest BCUT2D eigenvalue weighted by atomic mass is 9.88. The number of benzene rings is 1. The van der Waals surface area contributed by atoms with Crippen LogP contribution in [0.4, 0.5) is 0 Å². The predicted molar refractivity (Wildman–Crippen MR) is 62.2 cm³/mol. The molecule has 1 fully saturated rings. The summed E-state index contributed by atoms with van der Waals surface area (Å²) in [6.45, 7) is 2.53. The van der Waals surface area contributed by atoms with Crippen molar-refractivity contribution in [1.29, 1.82) is 0 Å². The van der Waals surface area contributed by atoms with Gasteiger partial charge >= 0.3 is 7.48 Å². The Morgan fingerprint density at radius 2 is 1.88 bits per heavy atom. The number of morpholine rings is 1. The van der Waals surface area contributed by atoms with E-state index in [1.54, 1.807) is 29.2 Å². The number of ether oxygens (including phenoxy) is 1. The van der Waals surface area contributed by atoms with Crippen LogP contribution in [0.3, 0.4) is 0 Å². The van der Waals surface area contributed by atoms with Gasteiger partial charge in [-0.2, -0.15) is 0 Å². The second kappa shape index (κ2) is 5.14. The molecule has 1 amide bonds. The van der Waals surface area contributed by atoms with Gasteiger partial charge in [0.25, 0.3) is 5.91 Å². The van der Waals surface area contributed by atoms with Crippen LogP contribution in [0.5, 0.6) is 0 Å². The molecule has 1 aliphatic rings. The van der Waals surface area contributed by atoms with Crippen LogP contribution in [0.1, 0.15) is 10.4 Å². The molecule has 0 aliphatic carbocycles. The van der Waals surface area contributed by atoms with Gasteiger partial charge in [-0.1, -0.05) is 17.6 Å². The van der Waals surface area contributed by atoms with E-state index in [2.05, 4.69) is 0 Å². The summed E-state index contributed by atoms with van der Waals surface area (Å²) in [5.41, 5.74) is 1.48. The van der Waals surface area contributed by atoms with Crippen LogP contribution in [0.2, 0.25) is 0 Å². The fourth-order valence-electron chi connectivity index (χ4n) is 1.70. The quantitative estimate of drug-likeness (QED) is 0.657. The molecular weight excluding hydrogens is 205 g/mol. The summed E-state index contributed by atoms with van der Waals surface area (Å²) in [4.78, 5) is 13.8. The van der Waals surface area contributed by atoms with Crippen molar-refractivity contribution in [2.45, 2.75) is 0 Å². The third kappa shape index (κ3) is 2.43. The van der Waals surface area contributed by atoms with Crippen LogP contribution >= 0.6 is 0 Å². The highest BCUT2D eigenvalue weighted by molar-refractivity contribution is 6.45. The van der Waals surface area contributed by atoms with E-state index in [0.29, 0.717) is 31.9 Å². The SMILES string of the molecule is O=C(c1ccc(BO)cc1)N1CCOCC1. The van der Waals surface area contributed by atoms with Gasteiger partial charge in [0.1, 0.15) is 0 Å². The maximum Gasteiger partial charge on any atom is 0.304 e. The van der Waals surface area contributed by atoms with Crippen molar-refractivity contribution in [2.24, 2.45) is 0 Å². The summed E-state index contributed by atoms with van der Waals surface area (Å²) in [5, 5.41) is 8.90. The van der Waals surface area contributed by atoms with Crippen molar-refractivity contribution in [2.75, 3.05) is 26.3 Å². The Balaban J connectivity index is 2.07. The third-order valence-corrected chi connectivity index (χ3v) is 2.68. The van der Waals surface area contributed by atoms with Gasteiger partial charge in [-0.3, -0.25) is 4.79 Å². The lowest BCUT2D eigenvalue weighted by Crippen LogP contribution is -2.40. The molecule has 16 heavy (non-hydrogen) atoms. The largest absolute Gasteiger partial charge is 0.449 e. The molecule has 1 aromatic rings. The molecule has 4 nitrogen and oxygen atoms in total. The summed E-state index contributed by atoms with van der Waals surface area (Å²) in [6.07, 6.45) is 0. The van der Waals surface area contributed by atoms with Gasteiger partial charge in [0.15, 0.2) is 0 Å². The molecule has 2 rings (SSSR count). The van der Waals surface area contributed by atoms with Gasteiger partial charge in [-0.05, 0) is 12.1 Å². The van der Waals surface area contributed by atoms with Gasteiger partial charge in [-0.15, -0.1) is 0 Å². The summed E-state index contributed by atoms with van der Waals surface area (Å²) >= 11 is 0. The molecule has 0 atom stereocenters. The number of nitrogens with zero attached hydrogens (tertiary/aromatic N) is 1. The van der Waals surface area contributed by atoms with Gasteiger partial charge in [0.2, 0.25) is 0 Å². The monoisotopic (exact) mass is 219 g/mol. The molecule has 5 heteroatoms.